The highest BCUT2D eigenvalue weighted by Gasteiger charge is 1.98. The topological polar surface area (TPSA) is 0 Å². The van der Waals surface area contributed by atoms with E-state index >= 15 is 0 Å². The van der Waals surface area contributed by atoms with E-state index in [1.807, 2.05) is 112 Å². The van der Waals surface area contributed by atoms with Gasteiger partial charge < -0.3 is 0 Å². The van der Waals surface area contributed by atoms with Gasteiger partial charge in [-0.15, -0.1) is 17.8 Å². The first kappa shape index (κ1) is 26.3. The van der Waals surface area contributed by atoms with E-state index in [-0.39, 0.29) is 0 Å². The third-order valence-corrected chi connectivity index (χ3v) is 5.45. The number of hydrogen-bond acceptors (Lipinski definition) is 0. The molecule has 4 aromatic rings. The van der Waals surface area contributed by atoms with E-state index in [1.165, 1.54) is 0 Å². The van der Waals surface area contributed by atoms with Gasteiger partial charge in [-0.25, -0.2) is 0 Å². The maximum atomic E-state index is 3.28. The summed E-state index contributed by atoms with van der Waals surface area (Å²) in [5, 5.41) is 0. The molecule has 0 aromatic heterocycles. The van der Waals surface area contributed by atoms with Gasteiger partial charge in [-0.1, -0.05) is 53.3 Å². The number of benzene rings is 4. The second-order valence-electron chi connectivity index (χ2n) is 8.41. The fraction of sp³-hybridized carbons (Fsp3) is 0.0769. The van der Waals surface area contributed by atoms with Crippen LogP contribution in [0.3, 0.4) is 0 Å². The van der Waals surface area contributed by atoms with Gasteiger partial charge in [0.15, 0.2) is 0 Å². The quantitative estimate of drug-likeness (QED) is 0.232. The lowest BCUT2D eigenvalue weighted by Gasteiger charge is -1.98. The zero-order valence-electron chi connectivity index (χ0n) is 22.2. The van der Waals surface area contributed by atoms with E-state index in [0.29, 0.717) is 0 Å². The Morgan fingerprint density at radius 3 is 0.641 bits per heavy atom. The molecule has 0 aliphatic carbocycles. The Balaban J connectivity index is 1.68. The third-order valence-electron chi connectivity index (χ3n) is 5.45. The van der Waals surface area contributed by atoms with E-state index in [2.05, 4.69) is 71.0 Å². The van der Waals surface area contributed by atoms with Crippen LogP contribution >= 0.6 is 0 Å². The van der Waals surface area contributed by atoms with E-state index in [0.717, 1.165) is 50.1 Å². The summed E-state index contributed by atoms with van der Waals surface area (Å²) in [5.74, 6) is 37.5. The van der Waals surface area contributed by atoms with Gasteiger partial charge in [0.25, 0.3) is 0 Å². The lowest BCUT2D eigenvalue weighted by Crippen LogP contribution is -1.86. The summed E-state index contributed by atoms with van der Waals surface area (Å²) in [6.07, 6.45) is 0. The van der Waals surface area contributed by atoms with Crippen molar-refractivity contribution in [3.8, 4) is 71.0 Å². The molecule has 0 spiro atoms. The molecule has 0 saturated heterocycles. The van der Waals surface area contributed by atoms with Crippen LogP contribution in [0.2, 0.25) is 0 Å². The highest BCUT2D eigenvalue weighted by molar-refractivity contribution is 5.56. The number of rotatable bonds is 0. The molecule has 0 fully saturated rings. The molecule has 0 atom stereocenters. The van der Waals surface area contributed by atoms with Crippen LogP contribution in [-0.4, -0.2) is 0 Å². The van der Waals surface area contributed by atoms with Gasteiger partial charge >= 0.3 is 0 Å². The molecule has 180 valence electrons. The van der Waals surface area contributed by atoms with E-state index in [1.54, 1.807) is 0 Å². The lowest BCUT2D eigenvalue weighted by atomic mass is 10.0. The Morgan fingerprint density at radius 2 is 0.436 bits per heavy atom. The van der Waals surface area contributed by atoms with Gasteiger partial charge in [-0.3, -0.25) is 0 Å². The zero-order chi connectivity index (χ0) is 27.3. The van der Waals surface area contributed by atoms with Crippen LogP contribution in [-0.2, 0) is 0 Å². The minimum atomic E-state index is 0.852. The molecule has 0 amide bonds. The molecule has 0 nitrogen and oxygen atoms in total. The first-order valence-electron chi connectivity index (χ1n) is 12.4. The van der Waals surface area contributed by atoms with Crippen LogP contribution in [0.25, 0.3) is 0 Å². The predicted molar refractivity (Wildman–Crippen MR) is 161 cm³/mol. The number of hydrogen-bond donors (Lipinski definition) is 0. The summed E-state index contributed by atoms with van der Waals surface area (Å²) in [5.41, 5.74) is 8.25. The SMILES string of the molecule is CC#Cc1ccc(C#Cc2cc(C#Cc3ccc(C#CC)cc3)cc(C#Cc3ccc(C#CC)cc3)c2)cc1. The second kappa shape index (κ2) is 13.5. The fourth-order valence-electron chi connectivity index (χ4n) is 3.62. The molecule has 0 aliphatic heterocycles. The average molecular weight is 493 g/mol. The Labute approximate surface area is 232 Å². The molecule has 39 heavy (non-hydrogen) atoms. The molecular formula is C39H24. The molecular weight excluding hydrogens is 468 g/mol. The van der Waals surface area contributed by atoms with Crippen LogP contribution in [0.5, 0.6) is 0 Å². The predicted octanol–water partition coefficient (Wildman–Crippen LogP) is 7.00. The van der Waals surface area contributed by atoms with Crippen molar-refractivity contribution in [3.63, 3.8) is 0 Å². The van der Waals surface area contributed by atoms with Crippen molar-refractivity contribution in [2.24, 2.45) is 0 Å². The summed E-state index contributed by atoms with van der Waals surface area (Å²) in [6, 6.07) is 29.8. The van der Waals surface area contributed by atoms with Crippen molar-refractivity contribution in [3.05, 3.63) is 141 Å². The largest absolute Gasteiger partial charge is 0.101 e. The van der Waals surface area contributed by atoms with Crippen LogP contribution in [0.1, 0.15) is 70.8 Å². The van der Waals surface area contributed by atoms with Gasteiger partial charge in [0.2, 0.25) is 0 Å². The molecule has 4 rings (SSSR count). The Kier molecular flexibility index (Phi) is 9.12. The monoisotopic (exact) mass is 492 g/mol. The summed E-state index contributed by atoms with van der Waals surface area (Å²) < 4.78 is 0. The summed E-state index contributed by atoms with van der Waals surface area (Å²) in [7, 11) is 0. The second-order valence-corrected chi connectivity index (χ2v) is 8.41. The molecule has 0 heteroatoms. The van der Waals surface area contributed by atoms with Gasteiger partial charge in [-0.05, 0) is 112 Å². The van der Waals surface area contributed by atoms with E-state index < -0.39 is 0 Å². The van der Waals surface area contributed by atoms with E-state index in [4.69, 9.17) is 0 Å². The molecule has 0 N–H and O–H groups in total. The first-order valence-corrected chi connectivity index (χ1v) is 12.4. The zero-order valence-corrected chi connectivity index (χ0v) is 22.2. The molecule has 0 saturated carbocycles. The van der Waals surface area contributed by atoms with Gasteiger partial charge in [0.1, 0.15) is 0 Å². The average Bonchev–Trinajstić information content (AvgIpc) is 2.97. The van der Waals surface area contributed by atoms with Crippen LogP contribution in [0.4, 0.5) is 0 Å². The van der Waals surface area contributed by atoms with Crippen molar-refractivity contribution in [2.75, 3.05) is 0 Å². The van der Waals surface area contributed by atoms with Crippen molar-refractivity contribution in [1.29, 1.82) is 0 Å². The molecule has 0 bridgehead atoms. The molecule has 0 unspecified atom stereocenters. The van der Waals surface area contributed by atoms with E-state index in [9.17, 15) is 0 Å². The van der Waals surface area contributed by atoms with Gasteiger partial charge in [-0.2, -0.15) is 0 Å². The highest BCUT2D eigenvalue weighted by atomic mass is 14.0. The molecule has 4 aromatic carbocycles. The Bertz CT molecular complexity index is 1620. The molecule has 0 aliphatic rings. The summed E-state index contributed by atoms with van der Waals surface area (Å²) in [4.78, 5) is 0. The van der Waals surface area contributed by atoms with Crippen molar-refractivity contribution in [1.82, 2.24) is 0 Å². The summed E-state index contributed by atoms with van der Waals surface area (Å²) in [6.45, 7) is 5.49. The minimum Gasteiger partial charge on any atom is -0.101 e. The highest BCUT2D eigenvalue weighted by Crippen LogP contribution is 2.11. The Morgan fingerprint density at radius 1 is 0.256 bits per heavy atom. The van der Waals surface area contributed by atoms with Gasteiger partial charge in [0.05, 0.1) is 0 Å². The van der Waals surface area contributed by atoms with Crippen LogP contribution in [0.15, 0.2) is 91.0 Å². The maximum Gasteiger partial charge on any atom is 0.0273 e. The summed E-state index contributed by atoms with van der Waals surface area (Å²) >= 11 is 0. The lowest BCUT2D eigenvalue weighted by molar-refractivity contribution is 1.54. The smallest absolute Gasteiger partial charge is 0.0273 e. The van der Waals surface area contributed by atoms with Crippen molar-refractivity contribution in [2.45, 2.75) is 20.8 Å². The fourth-order valence-corrected chi connectivity index (χ4v) is 3.62. The van der Waals surface area contributed by atoms with Crippen molar-refractivity contribution >= 4 is 0 Å². The standard InChI is InChI=1S/C39H24/c1-4-7-31-10-16-34(17-11-31)22-25-37-28-38(26-23-35-18-12-32(8-5-2)13-19-35)30-39(29-37)27-24-36-20-14-33(9-6-3)15-21-36/h10-21,28-30H,1-3H3. The Hall–Kier alpha value is -5.76. The minimum absolute atomic E-state index is 0.852. The van der Waals surface area contributed by atoms with Gasteiger partial charge in [0, 0.05) is 50.1 Å². The molecule has 0 radical (unpaired) electrons. The van der Waals surface area contributed by atoms with Crippen molar-refractivity contribution < 1.29 is 0 Å². The van der Waals surface area contributed by atoms with Crippen LogP contribution < -0.4 is 0 Å². The first-order chi connectivity index (χ1) is 19.1. The maximum absolute atomic E-state index is 3.28. The molecule has 0 heterocycles. The third kappa shape index (κ3) is 8.12. The normalized spacial score (nSPS) is 8.69. The van der Waals surface area contributed by atoms with Crippen LogP contribution in [0, 0.1) is 71.0 Å².